The Bertz CT molecular complexity index is 496. The highest BCUT2D eigenvalue weighted by atomic mass is 79.9. The number of amides is 1. The van der Waals surface area contributed by atoms with Crippen molar-refractivity contribution in [2.75, 3.05) is 11.9 Å². The van der Waals surface area contributed by atoms with E-state index in [1.165, 1.54) is 6.07 Å². The lowest BCUT2D eigenvalue weighted by Crippen LogP contribution is -2.30. The molecule has 4 nitrogen and oxygen atoms in total. The molecule has 1 fully saturated rings. The van der Waals surface area contributed by atoms with Crippen molar-refractivity contribution in [3.8, 4) is 0 Å². The fraction of sp³-hybridized carbons (Fsp3) is 0.462. The number of rotatable bonds is 3. The summed E-state index contributed by atoms with van der Waals surface area (Å²) in [6, 6.07) is 2.93. The minimum atomic E-state index is -0.475. The molecule has 1 aliphatic rings. The van der Waals surface area contributed by atoms with E-state index in [2.05, 4.69) is 21.2 Å². The standard InChI is InChI=1S/C13H16BrFN2O2/c1-7-4-10(15)9(14)5-11(7)17-13(18)12-3-2-8(6-16)19-12/h4-5,8,12H,2-3,6,16H2,1H3,(H,17,18). The van der Waals surface area contributed by atoms with Gasteiger partial charge in [0.1, 0.15) is 11.9 Å². The van der Waals surface area contributed by atoms with Gasteiger partial charge in [-0.25, -0.2) is 4.39 Å². The molecule has 0 spiro atoms. The quantitative estimate of drug-likeness (QED) is 0.894. The van der Waals surface area contributed by atoms with E-state index in [9.17, 15) is 9.18 Å². The molecular formula is C13H16BrFN2O2. The molecule has 1 heterocycles. The van der Waals surface area contributed by atoms with Gasteiger partial charge >= 0.3 is 0 Å². The molecule has 0 aromatic heterocycles. The number of ether oxygens (including phenoxy) is 1. The van der Waals surface area contributed by atoms with E-state index in [4.69, 9.17) is 10.5 Å². The van der Waals surface area contributed by atoms with Crippen LogP contribution in [0.4, 0.5) is 10.1 Å². The zero-order chi connectivity index (χ0) is 14.0. The van der Waals surface area contributed by atoms with Crippen LogP contribution in [0.15, 0.2) is 16.6 Å². The number of carbonyl (C=O) groups excluding carboxylic acids is 1. The van der Waals surface area contributed by atoms with Gasteiger partial charge in [-0.05, 0) is 53.4 Å². The normalized spacial score (nSPS) is 22.5. The number of nitrogens with one attached hydrogen (secondary N) is 1. The van der Waals surface area contributed by atoms with Crippen LogP contribution in [0.2, 0.25) is 0 Å². The van der Waals surface area contributed by atoms with Crippen LogP contribution in [-0.4, -0.2) is 24.7 Å². The smallest absolute Gasteiger partial charge is 0.253 e. The van der Waals surface area contributed by atoms with Gasteiger partial charge in [-0.2, -0.15) is 0 Å². The van der Waals surface area contributed by atoms with Crippen molar-refractivity contribution >= 4 is 27.5 Å². The average molecular weight is 331 g/mol. The third-order valence-electron chi connectivity index (χ3n) is 3.19. The maximum absolute atomic E-state index is 13.3. The van der Waals surface area contributed by atoms with E-state index < -0.39 is 6.10 Å². The third-order valence-corrected chi connectivity index (χ3v) is 3.80. The van der Waals surface area contributed by atoms with Gasteiger partial charge in [0.05, 0.1) is 10.6 Å². The van der Waals surface area contributed by atoms with Crippen LogP contribution in [0.1, 0.15) is 18.4 Å². The van der Waals surface area contributed by atoms with Gasteiger partial charge in [0.2, 0.25) is 0 Å². The van der Waals surface area contributed by atoms with Crippen molar-refractivity contribution in [1.29, 1.82) is 0 Å². The van der Waals surface area contributed by atoms with E-state index in [1.54, 1.807) is 13.0 Å². The topological polar surface area (TPSA) is 64.4 Å². The first-order valence-corrected chi connectivity index (χ1v) is 6.92. The van der Waals surface area contributed by atoms with Gasteiger partial charge in [0.25, 0.3) is 5.91 Å². The van der Waals surface area contributed by atoms with Crippen LogP contribution in [0.5, 0.6) is 0 Å². The number of hydrogen-bond donors (Lipinski definition) is 2. The van der Waals surface area contributed by atoms with E-state index in [0.717, 1.165) is 6.42 Å². The molecule has 2 unspecified atom stereocenters. The molecule has 104 valence electrons. The Morgan fingerprint density at radius 1 is 1.58 bits per heavy atom. The zero-order valence-electron chi connectivity index (χ0n) is 10.6. The fourth-order valence-electron chi connectivity index (χ4n) is 2.07. The molecular weight excluding hydrogens is 315 g/mol. The summed E-state index contributed by atoms with van der Waals surface area (Å²) in [4.78, 5) is 12.0. The Morgan fingerprint density at radius 2 is 2.32 bits per heavy atom. The van der Waals surface area contributed by atoms with Gasteiger partial charge in [-0.1, -0.05) is 0 Å². The number of nitrogens with two attached hydrogens (primary N) is 1. The maximum Gasteiger partial charge on any atom is 0.253 e. The number of carbonyl (C=O) groups is 1. The first kappa shape index (κ1) is 14.4. The van der Waals surface area contributed by atoms with Crippen molar-refractivity contribution in [3.05, 3.63) is 28.0 Å². The van der Waals surface area contributed by atoms with Crippen molar-refractivity contribution in [2.45, 2.75) is 32.0 Å². The summed E-state index contributed by atoms with van der Waals surface area (Å²) in [5.41, 5.74) is 6.76. The summed E-state index contributed by atoms with van der Waals surface area (Å²) in [5.74, 6) is -0.562. The monoisotopic (exact) mass is 330 g/mol. The molecule has 2 atom stereocenters. The predicted molar refractivity (Wildman–Crippen MR) is 74.4 cm³/mol. The maximum atomic E-state index is 13.3. The van der Waals surface area contributed by atoms with Crippen LogP contribution < -0.4 is 11.1 Å². The Kier molecular flexibility index (Phi) is 4.54. The molecule has 0 bridgehead atoms. The Hall–Kier alpha value is -0.980. The second-order valence-electron chi connectivity index (χ2n) is 4.63. The molecule has 1 aliphatic heterocycles. The van der Waals surface area contributed by atoms with Crippen molar-refractivity contribution in [1.82, 2.24) is 0 Å². The minimum Gasteiger partial charge on any atom is -0.364 e. The highest BCUT2D eigenvalue weighted by Gasteiger charge is 2.30. The predicted octanol–water partition coefficient (Wildman–Crippen LogP) is 2.34. The second kappa shape index (κ2) is 5.98. The Morgan fingerprint density at radius 3 is 2.95 bits per heavy atom. The number of anilines is 1. The van der Waals surface area contributed by atoms with Crippen LogP contribution in [0.3, 0.4) is 0 Å². The molecule has 2 rings (SSSR count). The zero-order valence-corrected chi connectivity index (χ0v) is 12.2. The highest BCUT2D eigenvalue weighted by molar-refractivity contribution is 9.10. The summed E-state index contributed by atoms with van der Waals surface area (Å²) in [6.45, 7) is 2.16. The lowest BCUT2D eigenvalue weighted by Gasteiger charge is -2.14. The molecule has 3 N–H and O–H groups in total. The van der Waals surface area contributed by atoms with Crippen molar-refractivity contribution in [3.63, 3.8) is 0 Å². The molecule has 0 radical (unpaired) electrons. The van der Waals surface area contributed by atoms with E-state index >= 15 is 0 Å². The molecule has 1 amide bonds. The summed E-state index contributed by atoms with van der Waals surface area (Å²) < 4.78 is 19.1. The number of hydrogen-bond acceptors (Lipinski definition) is 3. The number of benzene rings is 1. The van der Waals surface area contributed by atoms with E-state index in [0.29, 0.717) is 28.7 Å². The number of halogens is 2. The summed E-state index contributed by atoms with van der Waals surface area (Å²) in [6.07, 6.45) is 0.934. The minimum absolute atomic E-state index is 0.0446. The van der Waals surface area contributed by atoms with E-state index in [1.807, 2.05) is 0 Å². The average Bonchev–Trinajstić information content (AvgIpc) is 2.84. The Labute approximate surface area is 119 Å². The molecule has 1 aromatic rings. The van der Waals surface area contributed by atoms with Gasteiger partial charge in [-0.3, -0.25) is 4.79 Å². The molecule has 0 aliphatic carbocycles. The number of aryl methyl sites for hydroxylation is 1. The van der Waals surface area contributed by atoms with E-state index in [-0.39, 0.29) is 17.8 Å². The van der Waals surface area contributed by atoms with Crippen LogP contribution in [0.25, 0.3) is 0 Å². The largest absolute Gasteiger partial charge is 0.364 e. The van der Waals surface area contributed by atoms with Crippen LogP contribution in [-0.2, 0) is 9.53 Å². The van der Waals surface area contributed by atoms with Gasteiger partial charge in [0.15, 0.2) is 0 Å². The molecule has 1 aromatic carbocycles. The third kappa shape index (κ3) is 3.32. The summed E-state index contributed by atoms with van der Waals surface area (Å²) >= 11 is 3.10. The van der Waals surface area contributed by atoms with Gasteiger partial charge in [0, 0.05) is 12.2 Å². The summed E-state index contributed by atoms with van der Waals surface area (Å²) in [7, 11) is 0. The van der Waals surface area contributed by atoms with Gasteiger partial charge in [-0.15, -0.1) is 0 Å². The lowest BCUT2D eigenvalue weighted by molar-refractivity contribution is -0.126. The van der Waals surface area contributed by atoms with Crippen LogP contribution in [0, 0.1) is 12.7 Å². The summed E-state index contributed by atoms with van der Waals surface area (Å²) in [5, 5.41) is 2.76. The SMILES string of the molecule is Cc1cc(F)c(Br)cc1NC(=O)C1CCC(CN)O1. The van der Waals surface area contributed by atoms with Crippen LogP contribution >= 0.6 is 15.9 Å². The van der Waals surface area contributed by atoms with Crippen molar-refractivity contribution in [2.24, 2.45) is 5.73 Å². The first-order chi connectivity index (χ1) is 9.01. The highest BCUT2D eigenvalue weighted by Crippen LogP contribution is 2.26. The molecule has 19 heavy (non-hydrogen) atoms. The molecule has 0 saturated carbocycles. The fourth-order valence-corrected chi connectivity index (χ4v) is 2.41. The molecule has 6 heteroatoms. The Balaban J connectivity index is 2.05. The lowest BCUT2D eigenvalue weighted by atomic mass is 10.1. The van der Waals surface area contributed by atoms with Crippen molar-refractivity contribution < 1.29 is 13.9 Å². The molecule has 1 saturated heterocycles. The van der Waals surface area contributed by atoms with Gasteiger partial charge < -0.3 is 15.8 Å². The second-order valence-corrected chi connectivity index (χ2v) is 5.48. The first-order valence-electron chi connectivity index (χ1n) is 6.13.